The maximum atomic E-state index is 11.0. The molecule has 5 heteroatoms. The molecule has 0 aromatic heterocycles. The largest absolute Gasteiger partial charge is 0.394 e. The average Bonchev–Trinajstić information content (AvgIpc) is 2.60. The van der Waals surface area contributed by atoms with Gasteiger partial charge in [0, 0.05) is 11.1 Å². The molecule has 0 radical (unpaired) electrons. The summed E-state index contributed by atoms with van der Waals surface area (Å²) in [7, 11) is 0. The zero-order valence-electron chi connectivity index (χ0n) is 11.7. The second-order valence-electron chi connectivity index (χ2n) is 4.94. The van der Waals surface area contributed by atoms with E-state index in [1.807, 2.05) is 0 Å². The van der Waals surface area contributed by atoms with Crippen LogP contribution in [-0.4, -0.2) is 40.6 Å². The molecule has 5 nitrogen and oxygen atoms in total. The highest BCUT2D eigenvalue weighted by atomic mass is 16.4. The van der Waals surface area contributed by atoms with Gasteiger partial charge in [-0.05, 0) is 11.1 Å². The highest BCUT2D eigenvalue weighted by molar-refractivity contribution is 5.75. The Morgan fingerprint density at radius 3 is 1.50 bits per heavy atom. The normalized spacial score (nSPS) is 12.7. The van der Waals surface area contributed by atoms with Crippen molar-refractivity contribution in [2.75, 3.05) is 6.61 Å². The van der Waals surface area contributed by atoms with Crippen LogP contribution in [0.4, 0.5) is 0 Å². The summed E-state index contributed by atoms with van der Waals surface area (Å²) in [5.74, 6) is 0. The number of rotatable bonds is 6. The molecule has 2 rings (SSSR count). The molecule has 22 heavy (non-hydrogen) atoms. The summed E-state index contributed by atoms with van der Waals surface area (Å²) in [4.78, 5) is 21.4. The number of carbonyl (C=O) groups excluding carboxylic acids is 2. The number of aldehydes is 2. The first-order valence-electron chi connectivity index (χ1n) is 6.69. The van der Waals surface area contributed by atoms with Crippen molar-refractivity contribution in [1.82, 2.24) is 0 Å². The number of aliphatic hydroxyl groups excluding tert-OH is 2. The Morgan fingerprint density at radius 2 is 1.23 bits per heavy atom. The van der Waals surface area contributed by atoms with Crippen LogP contribution in [0.25, 0.3) is 0 Å². The zero-order valence-corrected chi connectivity index (χ0v) is 11.7. The molecule has 0 amide bonds. The van der Waals surface area contributed by atoms with E-state index in [0.717, 1.165) is 0 Å². The molecule has 0 aliphatic heterocycles. The van der Waals surface area contributed by atoms with Crippen molar-refractivity contribution in [3.63, 3.8) is 0 Å². The Bertz CT molecular complexity index is 594. The van der Waals surface area contributed by atoms with E-state index >= 15 is 0 Å². The second-order valence-corrected chi connectivity index (χ2v) is 4.94. The lowest BCUT2D eigenvalue weighted by Gasteiger charge is -2.33. The molecule has 0 aliphatic carbocycles. The maximum Gasteiger partial charge on any atom is 0.150 e. The molecule has 0 spiro atoms. The predicted molar refractivity (Wildman–Crippen MR) is 79.8 cm³/mol. The minimum atomic E-state index is -1.85. The van der Waals surface area contributed by atoms with E-state index in [2.05, 4.69) is 0 Å². The monoisotopic (exact) mass is 300 g/mol. The molecule has 0 heterocycles. The summed E-state index contributed by atoms with van der Waals surface area (Å²) in [5.41, 5.74) is -0.323. The van der Waals surface area contributed by atoms with Gasteiger partial charge < -0.3 is 15.3 Å². The first-order valence-corrected chi connectivity index (χ1v) is 6.69. The SMILES string of the molecule is O=Cc1ccc(C(O)(c2ccc(C=O)cc2)C(O)CO)cc1. The van der Waals surface area contributed by atoms with Gasteiger partial charge in [0.05, 0.1) is 6.61 Å². The van der Waals surface area contributed by atoms with Crippen molar-refractivity contribution in [2.24, 2.45) is 0 Å². The standard InChI is InChI=1S/C17H16O5/c18-9-12-1-5-14(6-2-12)17(22,16(21)11-20)15-7-3-13(10-19)4-8-15/h1-10,16,20-22H,11H2. The van der Waals surface area contributed by atoms with Crippen LogP contribution >= 0.6 is 0 Å². The lowest BCUT2D eigenvalue weighted by molar-refractivity contribution is -0.0728. The number of carbonyl (C=O) groups is 2. The third kappa shape index (κ3) is 2.82. The Balaban J connectivity index is 2.54. The van der Waals surface area contributed by atoms with E-state index in [1.165, 1.54) is 48.5 Å². The summed E-state index contributed by atoms with van der Waals surface area (Å²) in [5, 5.41) is 30.3. The third-order valence-electron chi connectivity index (χ3n) is 3.63. The van der Waals surface area contributed by atoms with E-state index in [-0.39, 0.29) is 0 Å². The highest BCUT2D eigenvalue weighted by Crippen LogP contribution is 2.33. The van der Waals surface area contributed by atoms with Gasteiger partial charge in [0.1, 0.15) is 24.3 Å². The van der Waals surface area contributed by atoms with E-state index in [1.54, 1.807) is 0 Å². The number of aliphatic hydroxyl groups is 3. The van der Waals surface area contributed by atoms with E-state index in [0.29, 0.717) is 34.8 Å². The highest BCUT2D eigenvalue weighted by Gasteiger charge is 2.39. The Morgan fingerprint density at radius 1 is 0.864 bits per heavy atom. The van der Waals surface area contributed by atoms with Crippen LogP contribution < -0.4 is 0 Å². The van der Waals surface area contributed by atoms with Crippen LogP contribution in [0.2, 0.25) is 0 Å². The Kier molecular flexibility index (Phi) is 4.82. The fourth-order valence-corrected chi connectivity index (χ4v) is 2.32. The smallest absolute Gasteiger partial charge is 0.150 e. The fourth-order valence-electron chi connectivity index (χ4n) is 2.32. The van der Waals surface area contributed by atoms with E-state index < -0.39 is 18.3 Å². The van der Waals surface area contributed by atoms with Crippen LogP contribution in [0.15, 0.2) is 48.5 Å². The van der Waals surface area contributed by atoms with Crippen LogP contribution in [0, 0.1) is 0 Å². The molecule has 2 aromatic carbocycles. The van der Waals surface area contributed by atoms with Gasteiger partial charge in [0.2, 0.25) is 0 Å². The molecule has 0 bridgehead atoms. The van der Waals surface area contributed by atoms with Gasteiger partial charge in [-0.15, -0.1) is 0 Å². The molecule has 0 aliphatic rings. The van der Waals surface area contributed by atoms with Crippen LogP contribution in [0.5, 0.6) is 0 Å². The topological polar surface area (TPSA) is 94.8 Å². The quantitative estimate of drug-likeness (QED) is 0.689. The summed E-state index contributed by atoms with van der Waals surface area (Å²) >= 11 is 0. The van der Waals surface area contributed by atoms with E-state index in [9.17, 15) is 24.9 Å². The molecule has 3 N–H and O–H groups in total. The Hall–Kier alpha value is -2.34. The maximum absolute atomic E-state index is 11.0. The second kappa shape index (κ2) is 6.62. The van der Waals surface area contributed by atoms with Crippen molar-refractivity contribution < 1.29 is 24.9 Å². The minimum Gasteiger partial charge on any atom is -0.394 e. The molecule has 0 fully saturated rings. The number of hydrogen-bond acceptors (Lipinski definition) is 5. The van der Waals surface area contributed by atoms with Gasteiger partial charge in [0.25, 0.3) is 0 Å². The molecule has 1 atom stereocenters. The molecule has 0 saturated carbocycles. The molecule has 1 unspecified atom stereocenters. The molecular weight excluding hydrogens is 284 g/mol. The summed E-state index contributed by atoms with van der Waals surface area (Å²) in [6.45, 7) is -0.651. The number of hydrogen-bond donors (Lipinski definition) is 3. The first kappa shape index (κ1) is 16.0. The van der Waals surface area contributed by atoms with Gasteiger partial charge in [0.15, 0.2) is 0 Å². The van der Waals surface area contributed by atoms with Crippen LogP contribution in [0.1, 0.15) is 31.8 Å². The predicted octanol–water partition coefficient (Wildman–Crippen LogP) is 0.901. The molecular formula is C17H16O5. The van der Waals surface area contributed by atoms with Crippen molar-refractivity contribution in [3.05, 3.63) is 70.8 Å². The van der Waals surface area contributed by atoms with Gasteiger partial charge in [-0.2, -0.15) is 0 Å². The average molecular weight is 300 g/mol. The fraction of sp³-hybridized carbons (Fsp3) is 0.176. The van der Waals surface area contributed by atoms with E-state index in [4.69, 9.17) is 0 Å². The Labute approximate surface area is 127 Å². The minimum absolute atomic E-state index is 0.332. The van der Waals surface area contributed by atoms with Gasteiger partial charge in [-0.1, -0.05) is 48.5 Å². The van der Waals surface area contributed by atoms with Crippen molar-refractivity contribution >= 4 is 12.6 Å². The molecule has 0 saturated heterocycles. The summed E-state index contributed by atoms with van der Waals surface area (Å²) < 4.78 is 0. The zero-order chi connectivity index (χ0) is 16.2. The lowest BCUT2D eigenvalue weighted by atomic mass is 9.81. The van der Waals surface area contributed by atoms with Gasteiger partial charge in [-0.3, -0.25) is 9.59 Å². The van der Waals surface area contributed by atoms with Crippen molar-refractivity contribution in [3.8, 4) is 0 Å². The van der Waals surface area contributed by atoms with Gasteiger partial charge in [-0.25, -0.2) is 0 Å². The van der Waals surface area contributed by atoms with Gasteiger partial charge >= 0.3 is 0 Å². The van der Waals surface area contributed by atoms with Crippen LogP contribution in [0.3, 0.4) is 0 Å². The number of benzene rings is 2. The van der Waals surface area contributed by atoms with Crippen molar-refractivity contribution in [1.29, 1.82) is 0 Å². The lowest BCUT2D eigenvalue weighted by Crippen LogP contribution is -2.42. The van der Waals surface area contributed by atoms with Crippen LogP contribution in [-0.2, 0) is 5.60 Å². The molecule has 2 aromatic rings. The van der Waals surface area contributed by atoms with Crippen molar-refractivity contribution in [2.45, 2.75) is 11.7 Å². The molecule has 114 valence electrons. The summed E-state index contributed by atoms with van der Waals surface area (Å²) in [6.07, 6.45) is -0.120. The third-order valence-corrected chi connectivity index (χ3v) is 3.63. The first-order chi connectivity index (χ1) is 10.6. The summed E-state index contributed by atoms with van der Waals surface area (Å²) in [6, 6.07) is 12.1.